The number of anilines is 1. The minimum Gasteiger partial charge on any atom is -0.490 e. The molecule has 0 atom stereocenters. The maximum atomic E-state index is 12.3. The number of carbonyl (C=O) groups is 2. The summed E-state index contributed by atoms with van der Waals surface area (Å²) in [5.41, 5.74) is 1.46. The van der Waals surface area contributed by atoms with Gasteiger partial charge in [0.05, 0.1) is 25.4 Å². The Labute approximate surface area is 179 Å². The van der Waals surface area contributed by atoms with Gasteiger partial charge < -0.3 is 19.7 Å². The summed E-state index contributed by atoms with van der Waals surface area (Å²) in [4.78, 5) is 25.9. The SMILES string of the molecule is CCOc1ccc(/C=C/C(=O)N(C)CC(=O)Nc2ccccc2Br)cc1OCC. The van der Waals surface area contributed by atoms with Crippen LogP contribution in [0, 0.1) is 0 Å². The van der Waals surface area contributed by atoms with Crippen molar-refractivity contribution >= 4 is 39.5 Å². The van der Waals surface area contributed by atoms with Gasteiger partial charge in [-0.2, -0.15) is 0 Å². The molecule has 0 radical (unpaired) electrons. The highest BCUT2D eigenvalue weighted by Gasteiger charge is 2.12. The molecule has 0 aromatic heterocycles. The minimum atomic E-state index is -0.279. The van der Waals surface area contributed by atoms with E-state index in [2.05, 4.69) is 21.2 Å². The molecule has 0 spiro atoms. The number of nitrogens with one attached hydrogen (secondary N) is 1. The topological polar surface area (TPSA) is 67.9 Å². The molecular weight excluding hydrogens is 436 g/mol. The van der Waals surface area contributed by atoms with Gasteiger partial charge in [0.15, 0.2) is 11.5 Å². The van der Waals surface area contributed by atoms with E-state index in [1.54, 1.807) is 19.2 Å². The number of ether oxygens (including phenoxy) is 2. The van der Waals surface area contributed by atoms with Crippen LogP contribution < -0.4 is 14.8 Å². The summed E-state index contributed by atoms with van der Waals surface area (Å²) in [6.07, 6.45) is 3.11. The third-order valence-corrected chi connectivity index (χ3v) is 4.58. The summed E-state index contributed by atoms with van der Waals surface area (Å²) in [5, 5.41) is 2.78. The second-order valence-electron chi connectivity index (χ2n) is 6.13. The first-order valence-electron chi connectivity index (χ1n) is 9.31. The van der Waals surface area contributed by atoms with Gasteiger partial charge in [0.1, 0.15) is 0 Å². The highest BCUT2D eigenvalue weighted by Crippen LogP contribution is 2.29. The normalized spacial score (nSPS) is 10.6. The highest BCUT2D eigenvalue weighted by atomic mass is 79.9. The smallest absolute Gasteiger partial charge is 0.246 e. The van der Waals surface area contributed by atoms with Crippen LogP contribution in [-0.4, -0.2) is 43.5 Å². The van der Waals surface area contributed by atoms with Crippen LogP contribution in [-0.2, 0) is 9.59 Å². The van der Waals surface area contributed by atoms with Gasteiger partial charge in [0.25, 0.3) is 0 Å². The van der Waals surface area contributed by atoms with Crippen molar-refractivity contribution in [2.75, 3.05) is 32.1 Å². The number of amides is 2. The Bertz CT molecular complexity index is 883. The van der Waals surface area contributed by atoms with Gasteiger partial charge in [-0.3, -0.25) is 9.59 Å². The van der Waals surface area contributed by atoms with Gasteiger partial charge >= 0.3 is 0 Å². The Morgan fingerprint density at radius 2 is 1.76 bits per heavy atom. The molecule has 0 fully saturated rings. The van der Waals surface area contributed by atoms with Crippen LogP contribution in [0.1, 0.15) is 19.4 Å². The van der Waals surface area contributed by atoms with E-state index in [1.807, 2.05) is 50.2 Å². The van der Waals surface area contributed by atoms with Gasteiger partial charge in [-0.25, -0.2) is 0 Å². The lowest BCUT2D eigenvalue weighted by molar-refractivity contribution is -0.129. The molecule has 6 nitrogen and oxygen atoms in total. The maximum absolute atomic E-state index is 12.3. The molecule has 0 heterocycles. The fourth-order valence-corrected chi connectivity index (χ4v) is 2.90. The number of halogens is 1. The third-order valence-electron chi connectivity index (χ3n) is 3.89. The Hall–Kier alpha value is -2.80. The van der Waals surface area contributed by atoms with Crippen molar-refractivity contribution in [3.63, 3.8) is 0 Å². The Morgan fingerprint density at radius 3 is 2.45 bits per heavy atom. The fourth-order valence-electron chi connectivity index (χ4n) is 2.51. The molecule has 2 amide bonds. The molecule has 0 aliphatic carbocycles. The summed E-state index contributed by atoms with van der Waals surface area (Å²) < 4.78 is 11.9. The number of carbonyl (C=O) groups excluding carboxylic acids is 2. The number of hydrogen-bond donors (Lipinski definition) is 1. The molecule has 154 valence electrons. The van der Waals surface area contributed by atoms with E-state index in [0.29, 0.717) is 30.4 Å². The summed E-state index contributed by atoms with van der Waals surface area (Å²) in [5.74, 6) is 0.740. The van der Waals surface area contributed by atoms with Crippen LogP contribution in [0.2, 0.25) is 0 Å². The van der Waals surface area contributed by atoms with Crippen molar-refractivity contribution < 1.29 is 19.1 Å². The zero-order valence-corrected chi connectivity index (χ0v) is 18.4. The van der Waals surface area contributed by atoms with Crippen molar-refractivity contribution in [1.29, 1.82) is 0 Å². The molecule has 0 saturated heterocycles. The van der Waals surface area contributed by atoms with Crippen molar-refractivity contribution in [1.82, 2.24) is 4.90 Å². The number of likely N-dealkylation sites (N-methyl/N-ethyl adjacent to an activating group) is 1. The van der Waals surface area contributed by atoms with E-state index >= 15 is 0 Å². The molecule has 0 aliphatic rings. The van der Waals surface area contributed by atoms with Crippen molar-refractivity contribution in [3.05, 3.63) is 58.6 Å². The van der Waals surface area contributed by atoms with Crippen molar-refractivity contribution in [2.45, 2.75) is 13.8 Å². The molecule has 2 rings (SSSR count). The van der Waals surface area contributed by atoms with E-state index in [0.717, 1.165) is 10.0 Å². The molecule has 29 heavy (non-hydrogen) atoms. The minimum absolute atomic E-state index is 0.0576. The van der Waals surface area contributed by atoms with Crippen LogP contribution in [0.4, 0.5) is 5.69 Å². The third kappa shape index (κ3) is 6.94. The fraction of sp³-hybridized carbons (Fsp3) is 0.273. The summed E-state index contributed by atoms with van der Waals surface area (Å²) in [7, 11) is 1.58. The Morgan fingerprint density at radius 1 is 1.07 bits per heavy atom. The van der Waals surface area contributed by atoms with Gasteiger partial charge in [-0.15, -0.1) is 0 Å². The molecule has 2 aromatic carbocycles. The van der Waals surface area contributed by atoms with Crippen LogP contribution in [0.15, 0.2) is 53.0 Å². The lowest BCUT2D eigenvalue weighted by Crippen LogP contribution is -2.33. The predicted octanol–water partition coefficient (Wildman–Crippen LogP) is 4.36. The second kappa shape index (κ2) is 11.3. The largest absolute Gasteiger partial charge is 0.490 e. The van der Waals surface area contributed by atoms with Gasteiger partial charge in [-0.05, 0) is 65.7 Å². The standard InChI is InChI=1S/C22H25BrN2O4/c1-4-28-19-12-10-16(14-20(19)29-5-2)11-13-22(27)25(3)15-21(26)24-18-9-7-6-8-17(18)23/h6-14H,4-5,15H2,1-3H3,(H,24,26)/b13-11+. The van der Waals surface area contributed by atoms with Crippen LogP contribution in [0.3, 0.4) is 0 Å². The molecule has 0 unspecified atom stereocenters. The maximum Gasteiger partial charge on any atom is 0.246 e. The van der Waals surface area contributed by atoms with Crippen LogP contribution >= 0.6 is 15.9 Å². The zero-order valence-electron chi connectivity index (χ0n) is 16.8. The number of hydrogen-bond acceptors (Lipinski definition) is 4. The van der Waals surface area contributed by atoms with E-state index < -0.39 is 0 Å². The average Bonchev–Trinajstić information content (AvgIpc) is 2.69. The molecular formula is C22H25BrN2O4. The number of para-hydroxylation sites is 1. The zero-order chi connectivity index (χ0) is 21.2. The lowest BCUT2D eigenvalue weighted by Gasteiger charge is -2.15. The molecule has 2 aromatic rings. The van der Waals surface area contributed by atoms with Crippen LogP contribution in [0.25, 0.3) is 6.08 Å². The van der Waals surface area contributed by atoms with Crippen molar-refractivity contribution in [2.24, 2.45) is 0 Å². The summed E-state index contributed by atoms with van der Waals surface area (Å²) in [6, 6.07) is 12.8. The Balaban J connectivity index is 1.97. The van der Waals surface area contributed by atoms with E-state index in [-0.39, 0.29) is 18.4 Å². The lowest BCUT2D eigenvalue weighted by atomic mass is 10.2. The first-order valence-corrected chi connectivity index (χ1v) is 10.1. The quantitative estimate of drug-likeness (QED) is 0.564. The highest BCUT2D eigenvalue weighted by molar-refractivity contribution is 9.10. The monoisotopic (exact) mass is 460 g/mol. The molecule has 7 heteroatoms. The van der Waals surface area contributed by atoms with E-state index in [9.17, 15) is 9.59 Å². The van der Waals surface area contributed by atoms with E-state index in [1.165, 1.54) is 11.0 Å². The average molecular weight is 461 g/mol. The predicted molar refractivity (Wildman–Crippen MR) is 118 cm³/mol. The number of benzene rings is 2. The number of rotatable bonds is 9. The van der Waals surface area contributed by atoms with E-state index in [4.69, 9.17) is 9.47 Å². The molecule has 1 N–H and O–H groups in total. The molecule has 0 saturated carbocycles. The van der Waals surface area contributed by atoms with Crippen molar-refractivity contribution in [3.8, 4) is 11.5 Å². The summed E-state index contributed by atoms with van der Waals surface area (Å²) >= 11 is 3.38. The van der Waals surface area contributed by atoms with Gasteiger partial charge in [0.2, 0.25) is 11.8 Å². The van der Waals surface area contributed by atoms with Gasteiger partial charge in [-0.1, -0.05) is 18.2 Å². The second-order valence-corrected chi connectivity index (χ2v) is 6.98. The van der Waals surface area contributed by atoms with Crippen LogP contribution in [0.5, 0.6) is 11.5 Å². The first kappa shape index (κ1) is 22.5. The molecule has 0 aliphatic heterocycles. The Kier molecular flexibility index (Phi) is 8.73. The first-order chi connectivity index (χ1) is 13.9. The molecule has 0 bridgehead atoms. The van der Waals surface area contributed by atoms with Gasteiger partial charge in [0, 0.05) is 17.6 Å². The number of nitrogens with zero attached hydrogens (tertiary/aromatic N) is 1. The summed E-state index contributed by atoms with van der Waals surface area (Å²) in [6.45, 7) is 4.81.